The minimum atomic E-state index is 0.536. The van der Waals surface area contributed by atoms with Crippen LogP contribution in [0.4, 0.5) is 0 Å². The van der Waals surface area contributed by atoms with Crippen LogP contribution in [0, 0.1) is 0 Å². The van der Waals surface area contributed by atoms with Gasteiger partial charge in [-0.15, -0.1) is 0 Å². The highest BCUT2D eigenvalue weighted by Crippen LogP contribution is 2.37. The van der Waals surface area contributed by atoms with Crippen LogP contribution in [-0.2, 0) is 0 Å². The Labute approximate surface area is 312 Å². The maximum atomic E-state index is 6.55. The van der Waals surface area contributed by atoms with Crippen molar-refractivity contribution >= 4 is 76.6 Å². The number of aromatic nitrogens is 3. The molecule has 55 heavy (non-hydrogen) atoms. The highest BCUT2D eigenvalue weighted by atomic mass is 16.3. The molecule has 0 saturated carbocycles. The van der Waals surface area contributed by atoms with Gasteiger partial charge >= 0.3 is 0 Å². The molecule has 4 heterocycles. The second-order valence-corrected chi connectivity index (χ2v) is 14.0. The molecule has 0 fully saturated rings. The minimum absolute atomic E-state index is 0.536. The van der Waals surface area contributed by atoms with Crippen LogP contribution >= 0.6 is 0 Å². The lowest BCUT2D eigenvalue weighted by Crippen LogP contribution is -2.00. The molecule has 12 rings (SSSR count). The van der Waals surface area contributed by atoms with E-state index in [-0.39, 0.29) is 0 Å². The largest absolute Gasteiger partial charge is 0.456 e. The van der Waals surface area contributed by atoms with Crippen LogP contribution in [-0.4, -0.2) is 15.0 Å². The van der Waals surface area contributed by atoms with E-state index in [1.165, 1.54) is 10.8 Å². The summed E-state index contributed by atoms with van der Waals surface area (Å²) in [5, 5.41) is 8.75. The van der Waals surface area contributed by atoms with Gasteiger partial charge in [0.2, 0.25) is 0 Å². The predicted molar refractivity (Wildman–Crippen MR) is 221 cm³/mol. The van der Waals surface area contributed by atoms with E-state index in [0.29, 0.717) is 17.5 Å². The zero-order chi connectivity index (χ0) is 36.0. The van der Waals surface area contributed by atoms with Gasteiger partial charge in [0, 0.05) is 49.0 Å². The van der Waals surface area contributed by atoms with Crippen molar-refractivity contribution in [3.63, 3.8) is 0 Å². The zero-order valence-corrected chi connectivity index (χ0v) is 29.2. The molecule has 0 aliphatic heterocycles. The van der Waals surface area contributed by atoms with Crippen molar-refractivity contribution in [1.29, 1.82) is 0 Å². The Morgan fingerprint density at radius 1 is 0.255 bits per heavy atom. The summed E-state index contributed by atoms with van der Waals surface area (Å²) in [4.78, 5) is 15.2. The maximum Gasteiger partial charge on any atom is 0.164 e. The van der Waals surface area contributed by atoms with Gasteiger partial charge in [0.25, 0.3) is 0 Å². The first-order chi connectivity index (χ1) is 27.2. The number of furan rings is 3. The van der Waals surface area contributed by atoms with E-state index in [1.54, 1.807) is 0 Å². The fourth-order valence-corrected chi connectivity index (χ4v) is 7.96. The second kappa shape index (κ2) is 11.5. The van der Waals surface area contributed by atoms with Crippen molar-refractivity contribution in [3.05, 3.63) is 164 Å². The fraction of sp³-hybridized carbons (Fsp3) is 0. The Balaban J connectivity index is 1.00. The van der Waals surface area contributed by atoms with Crippen molar-refractivity contribution in [2.75, 3.05) is 0 Å². The molecule has 0 aliphatic rings. The molecule has 0 bridgehead atoms. The zero-order valence-electron chi connectivity index (χ0n) is 29.2. The third-order valence-corrected chi connectivity index (χ3v) is 10.7. The van der Waals surface area contributed by atoms with Gasteiger partial charge in [-0.1, -0.05) is 97.1 Å². The second-order valence-electron chi connectivity index (χ2n) is 14.0. The number of rotatable bonds is 4. The molecule has 0 unspecified atom stereocenters. The molecular weight excluding hydrogens is 679 g/mol. The Morgan fingerprint density at radius 2 is 0.600 bits per heavy atom. The van der Waals surface area contributed by atoms with Crippen LogP contribution in [0.15, 0.2) is 177 Å². The van der Waals surface area contributed by atoms with E-state index in [9.17, 15) is 0 Å². The topological polar surface area (TPSA) is 78.1 Å². The summed E-state index contributed by atoms with van der Waals surface area (Å²) < 4.78 is 19.1. The number of hydrogen-bond acceptors (Lipinski definition) is 6. The normalized spacial score (nSPS) is 12.0. The molecule has 0 spiro atoms. The van der Waals surface area contributed by atoms with Gasteiger partial charge < -0.3 is 13.3 Å². The summed E-state index contributed by atoms with van der Waals surface area (Å²) in [5.74, 6) is 1.61. The molecule has 256 valence electrons. The molecule has 0 radical (unpaired) electrons. The van der Waals surface area contributed by atoms with Crippen LogP contribution in [0.3, 0.4) is 0 Å². The first kappa shape index (κ1) is 29.9. The summed E-state index contributed by atoms with van der Waals surface area (Å²) in [5.41, 5.74) is 9.55. The van der Waals surface area contributed by atoms with Crippen molar-refractivity contribution < 1.29 is 13.3 Å². The third-order valence-electron chi connectivity index (χ3n) is 10.7. The molecule has 0 saturated heterocycles. The SMILES string of the molecule is c1ccc2cc(-c3ccc4c(c3)oc3cc(-c5nc(-c6ccc7c(c6)oc6ccccc67)nc(-c6ccc7c(c6)oc6ccccc67)n5)ccc34)ccc2c1. The monoisotopic (exact) mass is 705 g/mol. The molecule has 12 aromatic rings. The van der Waals surface area contributed by atoms with Gasteiger partial charge in [0.1, 0.15) is 33.5 Å². The Hall–Kier alpha value is -7.57. The van der Waals surface area contributed by atoms with Crippen LogP contribution in [0.1, 0.15) is 0 Å². The van der Waals surface area contributed by atoms with Crippen molar-refractivity contribution in [3.8, 4) is 45.3 Å². The van der Waals surface area contributed by atoms with Crippen LogP contribution in [0.2, 0.25) is 0 Å². The summed E-state index contributed by atoms with van der Waals surface area (Å²) in [7, 11) is 0. The Bertz CT molecular complexity index is 3390. The van der Waals surface area contributed by atoms with Crippen molar-refractivity contribution in [1.82, 2.24) is 15.0 Å². The lowest BCUT2D eigenvalue weighted by atomic mass is 10.00. The molecule has 6 nitrogen and oxygen atoms in total. The van der Waals surface area contributed by atoms with Gasteiger partial charge in [0.05, 0.1) is 0 Å². The van der Waals surface area contributed by atoms with E-state index in [4.69, 9.17) is 28.2 Å². The summed E-state index contributed by atoms with van der Waals surface area (Å²) >= 11 is 0. The van der Waals surface area contributed by atoms with Gasteiger partial charge in [0.15, 0.2) is 17.5 Å². The van der Waals surface area contributed by atoms with Gasteiger partial charge in [-0.2, -0.15) is 0 Å². The smallest absolute Gasteiger partial charge is 0.164 e. The predicted octanol–water partition coefficient (Wildman–Crippen LogP) is 13.4. The maximum absolute atomic E-state index is 6.55. The highest BCUT2D eigenvalue weighted by molar-refractivity contribution is 6.08. The average Bonchev–Trinajstić information content (AvgIpc) is 3.93. The summed E-state index contributed by atoms with van der Waals surface area (Å²) in [6, 6.07) is 56.0. The average molecular weight is 706 g/mol. The Kier molecular flexibility index (Phi) is 6.24. The molecule has 0 amide bonds. The van der Waals surface area contributed by atoms with E-state index in [1.807, 2.05) is 66.7 Å². The van der Waals surface area contributed by atoms with E-state index in [0.717, 1.165) is 93.6 Å². The summed E-state index contributed by atoms with van der Waals surface area (Å²) in [6.07, 6.45) is 0. The van der Waals surface area contributed by atoms with Crippen LogP contribution in [0.5, 0.6) is 0 Å². The number of hydrogen-bond donors (Lipinski definition) is 0. The molecule has 8 aromatic carbocycles. The molecule has 4 aromatic heterocycles. The molecule has 0 N–H and O–H groups in total. The molecular formula is C49H27N3O3. The quantitative estimate of drug-likeness (QED) is 0.181. The summed E-state index contributed by atoms with van der Waals surface area (Å²) in [6.45, 7) is 0. The first-order valence-corrected chi connectivity index (χ1v) is 18.2. The lowest BCUT2D eigenvalue weighted by Gasteiger charge is -2.08. The number of fused-ring (bicyclic) bond motifs is 10. The Morgan fingerprint density at radius 3 is 1.11 bits per heavy atom. The van der Waals surface area contributed by atoms with Crippen LogP contribution in [0.25, 0.3) is 122 Å². The molecule has 0 aliphatic carbocycles. The molecule has 6 heteroatoms. The van der Waals surface area contributed by atoms with E-state index in [2.05, 4.69) is 97.1 Å². The minimum Gasteiger partial charge on any atom is -0.456 e. The van der Waals surface area contributed by atoms with E-state index < -0.39 is 0 Å². The van der Waals surface area contributed by atoms with Crippen molar-refractivity contribution in [2.24, 2.45) is 0 Å². The standard InChI is InChI=1S/C49H27N3O3/c1-2-8-29-23-30(14-13-28(29)7-1)31-15-19-39-40-22-18-34(27-46(40)55-43(39)24-31)49-51-47(32-16-20-37-35-9-3-5-11-41(35)53-44(37)25-32)50-48(52-49)33-17-21-38-36-10-4-6-12-42(36)54-45(38)26-33/h1-27H. The third kappa shape index (κ3) is 4.78. The fourth-order valence-electron chi connectivity index (χ4n) is 7.96. The van der Waals surface area contributed by atoms with Gasteiger partial charge in [-0.25, -0.2) is 15.0 Å². The first-order valence-electron chi connectivity index (χ1n) is 18.2. The number of benzene rings is 8. The molecule has 0 atom stereocenters. The van der Waals surface area contributed by atoms with Crippen LogP contribution < -0.4 is 0 Å². The number of nitrogens with zero attached hydrogens (tertiary/aromatic N) is 3. The van der Waals surface area contributed by atoms with Crippen molar-refractivity contribution in [2.45, 2.75) is 0 Å². The number of para-hydroxylation sites is 2. The van der Waals surface area contributed by atoms with Gasteiger partial charge in [-0.05, 0) is 88.6 Å². The lowest BCUT2D eigenvalue weighted by molar-refractivity contribution is 0.668. The van der Waals surface area contributed by atoms with Gasteiger partial charge in [-0.3, -0.25) is 0 Å². The van der Waals surface area contributed by atoms with E-state index >= 15 is 0 Å². The highest BCUT2D eigenvalue weighted by Gasteiger charge is 2.18.